The Labute approximate surface area is 368 Å². The molecule has 6 unspecified atom stereocenters. The standard InChI is InChI=1S/C47H85O13P/c1-3-5-7-9-11-13-15-17-19-20-22-24-26-28-30-32-34-36-41(49)59-39(38-58-61(55,56)60-47-45(53)43(51)42(50)44(52)46(47)54)37-57-40(48)35-33-31-29-27-25-23-21-18-16-14-12-10-8-6-4-2/h4,22,24,28,30,39,42-47,50-54H,2-3,5-21,23,25-27,29,31-38H2,1H3,(H,55,56)/b24-22+,30-28+/t39-,42?,43+,44?,45?,46?,47?/m1/s1. The third-order valence-corrected chi connectivity index (χ3v) is 12.1. The highest BCUT2D eigenvalue weighted by atomic mass is 31.2. The predicted molar refractivity (Wildman–Crippen MR) is 240 cm³/mol. The van der Waals surface area contributed by atoms with Gasteiger partial charge in [0.25, 0.3) is 0 Å². The molecule has 0 amide bonds. The summed E-state index contributed by atoms with van der Waals surface area (Å²) in [4.78, 5) is 35.7. The van der Waals surface area contributed by atoms with Crippen molar-refractivity contribution >= 4 is 19.8 Å². The van der Waals surface area contributed by atoms with Crippen molar-refractivity contribution in [2.45, 2.75) is 236 Å². The van der Waals surface area contributed by atoms with Crippen molar-refractivity contribution in [1.29, 1.82) is 0 Å². The molecule has 14 heteroatoms. The van der Waals surface area contributed by atoms with Gasteiger partial charge in [0.1, 0.15) is 43.2 Å². The molecule has 0 aromatic rings. The number of aliphatic hydroxyl groups excluding tert-OH is 5. The molecular weight excluding hydrogens is 803 g/mol. The first kappa shape index (κ1) is 57.1. The van der Waals surface area contributed by atoms with Crippen LogP contribution in [0.4, 0.5) is 0 Å². The highest BCUT2D eigenvalue weighted by Gasteiger charge is 2.51. The fraction of sp³-hybridized carbons (Fsp3) is 0.830. The Kier molecular flexibility index (Phi) is 35.0. The molecule has 0 aromatic carbocycles. The zero-order valence-electron chi connectivity index (χ0n) is 37.5. The summed E-state index contributed by atoms with van der Waals surface area (Å²) in [6.45, 7) is 4.80. The van der Waals surface area contributed by atoms with Gasteiger partial charge < -0.3 is 39.9 Å². The smallest absolute Gasteiger partial charge is 0.462 e. The van der Waals surface area contributed by atoms with Gasteiger partial charge in [-0.15, -0.1) is 6.58 Å². The van der Waals surface area contributed by atoms with Crippen molar-refractivity contribution in [2.24, 2.45) is 0 Å². The van der Waals surface area contributed by atoms with Crippen LogP contribution in [0.15, 0.2) is 37.0 Å². The van der Waals surface area contributed by atoms with E-state index in [-0.39, 0.29) is 12.8 Å². The summed E-state index contributed by atoms with van der Waals surface area (Å²) in [7, 11) is -5.13. The maximum Gasteiger partial charge on any atom is 0.472 e. The molecule has 8 atom stereocenters. The van der Waals surface area contributed by atoms with Crippen LogP contribution in [0.2, 0.25) is 0 Å². The Morgan fingerprint density at radius 2 is 0.984 bits per heavy atom. The van der Waals surface area contributed by atoms with E-state index in [9.17, 15) is 44.6 Å². The maximum absolute atomic E-state index is 12.8. The van der Waals surface area contributed by atoms with Gasteiger partial charge in [-0.25, -0.2) is 4.57 Å². The molecule has 0 spiro atoms. The van der Waals surface area contributed by atoms with Gasteiger partial charge in [0.05, 0.1) is 6.61 Å². The number of carbonyl (C=O) groups excluding carboxylic acids is 2. The van der Waals surface area contributed by atoms with Crippen LogP contribution in [0.25, 0.3) is 0 Å². The average Bonchev–Trinajstić information content (AvgIpc) is 3.24. The van der Waals surface area contributed by atoms with Gasteiger partial charge in [0, 0.05) is 12.8 Å². The van der Waals surface area contributed by atoms with Gasteiger partial charge in [-0.1, -0.05) is 159 Å². The summed E-state index contributed by atoms with van der Waals surface area (Å²) in [5.74, 6) is -1.15. The number of phosphoric acid groups is 1. The predicted octanol–water partition coefficient (Wildman–Crippen LogP) is 9.39. The fourth-order valence-electron chi connectivity index (χ4n) is 7.25. The van der Waals surface area contributed by atoms with E-state index in [4.69, 9.17) is 18.5 Å². The molecule has 0 bridgehead atoms. The number of carbonyl (C=O) groups is 2. The summed E-state index contributed by atoms with van der Waals surface area (Å²) >= 11 is 0. The van der Waals surface area contributed by atoms with Crippen molar-refractivity contribution in [2.75, 3.05) is 13.2 Å². The summed E-state index contributed by atoms with van der Waals surface area (Å²) < 4.78 is 33.5. The highest BCUT2D eigenvalue weighted by molar-refractivity contribution is 7.47. The quantitative estimate of drug-likeness (QED) is 0.0147. The van der Waals surface area contributed by atoms with Gasteiger partial charge >= 0.3 is 19.8 Å². The molecule has 0 heterocycles. The number of unbranched alkanes of at least 4 members (excludes halogenated alkanes) is 23. The Morgan fingerprint density at radius 3 is 1.49 bits per heavy atom. The van der Waals surface area contributed by atoms with Crippen LogP contribution in [0.3, 0.4) is 0 Å². The van der Waals surface area contributed by atoms with Crippen LogP contribution in [0.1, 0.15) is 193 Å². The summed E-state index contributed by atoms with van der Waals surface area (Å²) in [6, 6.07) is 0. The lowest BCUT2D eigenvalue weighted by atomic mass is 9.85. The lowest BCUT2D eigenvalue weighted by Crippen LogP contribution is -2.64. The number of aliphatic hydroxyl groups is 5. The van der Waals surface area contributed by atoms with E-state index in [0.29, 0.717) is 19.3 Å². The van der Waals surface area contributed by atoms with Crippen LogP contribution >= 0.6 is 7.82 Å². The first-order valence-corrected chi connectivity index (χ1v) is 25.2. The first-order valence-electron chi connectivity index (χ1n) is 23.8. The Bertz CT molecular complexity index is 1200. The molecule has 0 aliphatic heterocycles. The third kappa shape index (κ3) is 30.0. The molecule has 0 saturated heterocycles. The van der Waals surface area contributed by atoms with E-state index < -0.39 is 75.7 Å². The zero-order chi connectivity index (χ0) is 45.0. The number of hydrogen-bond donors (Lipinski definition) is 6. The van der Waals surface area contributed by atoms with Gasteiger partial charge in [-0.05, 0) is 51.4 Å². The molecule has 6 N–H and O–H groups in total. The molecule has 1 rings (SSSR count). The highest BCUT2D eigenvalue weighted by Crippen LogP contribution is 2.47. The number of ether oxygens (including phenoxy) is 2. The minimum Gasteiger partial charge on any atom is -0.462 e. The molecule has 1 aliphatic carbocycles. The van der Waals surface area contributed by atoms with E-state index in [1.54, 1.807) is 0 Å². The van der Waals surface area contributed by atoms with E-state index in [2.05, 4.69) is 25.7 Å². The normalized spacial score (nSPS) is 22.1. The van der Waals surface area contributed by atoms with Crippen molar-refractivity contribution in [3.8, 4) is 0 Å². The van der Waals surface area contributed by atoms with E-state index >= 15 is 0 Å². The van der Waals surface area contributed by atoms with Crippen molar-refractivity contribution in [1.82, 2.24) is 0 Å². The molecule has 0 aromatic heterocycles. The number of phosphoric ester groups is 1. The van der Waals surface area contributed by atoms with Crippen LogP contribution in [-0.4, -0.2) is 98.3 Å². The van der Waals surface area contributed by atoms with Crippen molar-refractivity contribution < 1.29 is 63.1 Å². The van der Waals surface area contributed by atoms with Crippen LogP contribution < -0.4 is 0 Å². The molecular formula is C47H85O13P. The second-order valence-corrected chi connectivity index (χ2v) is 18.1. The van der Waals surface area contributed by atoms with Crippen molar-refractivity contribution in [3.63, 3.8) is 0 Å². The van der Waals surface area contributed by atoms with Gasteiger partial charge in [-0.2, -0.15) is 0 Å². The number of allylic oxidation sites excluding steroid dienone is 5. The molecule has 13 nitrogen and oxygen atoms in total. The number of hydrogen-bond acceptors (Lipinski definition) is 12. The summed E-state index contributed by atoms with van der Waals surface area (Å²) in [6.07, 6.45) is 28.1. The zero-order valence-corrected chi connectivity index (χ0v) is 38.4. The van der Waals surface area contributed by atoms with E-state index in [1.807, 2.05) is 18.2 Å². The van der Waals surface area contributed by atoms with Crippen LogP contribution in [-0.2, 0) is 32.7 Å². The fourth-order valence-corrected chi connectivity index (χ4v) is 8.22. The Hall–Kier alpha value is -1.93. The van der Waals surface area contributed by atoms with E-state index in [1.165, 1.54) is 116 Å². The SMILES string of the molecule is C=CCCCCCCCCCCCCCCCC(=O)OC[C@H](COP(=O)(O)OC1C(O)C(O)C(O)[C@H](O)C1O)OC(=O)CCC/C=C/C/C=C/CCCCCCCCCCC. The summed E-state index contributed by atoms with van der Waals surface area (Å²) in [5.41, 5.74) is 0. The molecule has 1 saturated carbocycles. The maximum atomic E-state index is 12.8. The molecule has 356 valence electrons. The van der Waals surface area contributed by atoms with E-state index in [0.717, 1.165) is 38.5 Å². The molecule has 1 fully saturated rings. The lowest BCUT2D eigenvalue weighted by molar-refractivity contribution is -0.220. The number of esters is 2. The van der Waals surface area contributed by atoms with Gasteiger partial charge in [0.2, 0.25) is 0 Å². The lowest BCUT2D eigenvalue weighted by Gasteiger charge is -2.41. The second kappa shape index (κ2) is 37.4. The third-order valence-electron chi connectivity index (χ3n) is 11.1. The largest absolute Gasteiger partial charge is 0.472 e. The minimum absolute atomic E-state index is 0.0332. The van der Waals surface area contributed by atoms with Crippen LogP contribution in [0, 0.1) is 0 Å². The topological polar surface area (TPSA) is 210 Å². The average molecular weight is 889 g/mol. The monoisotopic (exact) mass is 889 g/mol. The molecule has 1 aliphatic rings. The minimum atomic E-state index is -5.13. The van der Waals surface area contributed by atoms with Crippen molar-refractivity contribution in [3.05, 3.63) is 37.0 Å². The first-order chi connectivity index (χ1) is 29.4. The van der Waals surface area contributed by atoms with Gasteiger partial charge in [0.15, 0.2) is 6.10 Å². The molecule has 61 heavy (non-hydrogen) atoms. The van der Waals surface area contributed by atoms with Gasteiger partial charge in [-0.3, -0.25) is 18.6 Å². The summed E-state index contributed by atoms with van der Waals surface area (Å²) in [5, 5.41) is 50.1. The Morgan fingerprint density at radius 1 is 0.557 bits per heavy atom. The number of rotatable bonds is 40. The Balaban J connectivity index is 2.47. The van der Waals surface area contributed by atoms with Crippen LogP contribution in [0.5, 0.6) is 0 Å². The second-order valence-electron chi connectivity index (χ2n) is 16.7. The molecule has 0 radical (unpaired) electrons.